The van der Waals surface area contributed by atoms with Gasteiger partial charge in [0.15, 0.2) is 0 Å². The summed E-state index contributed by atoms with van der Waals surface area (Å²) in [5.41, 5.74) is 8.75. The monoisotopic (exact) mass is 425 g/mol. The van der Waals surface area contributed by atoms with E-state index in [9.17, 15) is 0 Å². The number of hydrogen-bond acceptors (Lipinski definition) is 1. The van der Waals surface area contributed by atoms with Crippen molar-refractivity contribution in [3.05, 3.63) is 139 Å². The second-order valence-electron chi connectivity index (χ2n) is 7.98. The number of aromatic nitrogens is 1. The minimum atomic E-state index is 0.961. The second-order valence-corrected chi connectivity index (χ2v) is 7.98. The molecule has 0 N–H and O–H groups in total. The van der Waals surface area contributed by atoms with E-state index in [1.165, 1.54) is 5.56 Å². The van der Waals surface area contributed by atoms with Crippen LogP contribution in [0.1, 0.15) is 12.5 Å². The third kappa shape index (κ3) is 4.51. The molecule has 0 aliphatic carbocycles. The molecule has 1 heterocycles. The molecular weight excluding hydrogens is 400 g/mol. The predicted molar refractivity (Wildman–Crippen MR) is 137 cm³/mol. The summed E-state index contributed by atoms with van der Waals surface area (Å²) < 4.78 is 2.08. The summed E-state index contributed by atoms with van der Waals surface area (Å²) in [6, 6.07) is 46.3. The normalized spacial score (nSPS) is 11.4. The average molecular weight is 426 g/mol. The van der Waals surface area contributed by atoms with Crippen molar-refractivity contribution in [3.63, 3.8) is 0 Å². The highest BCUT2D eigenvalue weighted by atomic mass is 15.4. The van der Waals surface area contributed by atoms with Gasteiger partial charge in [0.2, 0.25) is 11.4 Å². The van der Waals surface area contributed by atoms with Crippen LogP contribution in [0.3, 0.4) is 0 Å². The molecule has 2 nitrogen and oxygen atoms in total. The number of pyridine rings is 1. The molecule has 158 valence electrons. The Bertz CT molecular complexity index is 1310. The number of hydrogen-bond donors (Lipinski definition) is 0. The van der Waals surface area contributed by atoms with Crippen LogP contribution in [0.2, 0.25) is 0 Å². The summed E-state index contributed by atoms with van der Waals surface area (Å²) in [5.74, 6) is 0. The molecule has 0 amide bonds. The van der Waals surface area contributed by atoms with Gasteiger partial charge in [0.25, 0.3) is 0 Å². The molecule has 0 saturated carbocycles. The van der Waals surface area contributed by atoms with E-state index in [1.807, 2.05) is 30.3 Å². The first kappa shape index (κ1) is 20.6. The van der Waals surface area contributed by atoms with Crippen LogP contribution in [0.15, 0.2) is 139 Å². The van der Waals surface area contributed by atoms with Gasteiger partial charge in [-0.1, -0.05) is 97.1 Å². The van der Waals surface area contributed by atoms with Crippen molar-refractivity contribution in [3.8, 4) is 33.6 Å². The lowest BCUT2D eigenvalue weighted by molar-refractivity contribution is -0.656. The lowest BCUT2D eigenvalue weighted by atomic mass is 9.99. The molecule has 0 bridgehead atoms. The Morgan fingerprint density at radius 3 is 1.33 bits per heavy atom. The summed E-state index contributed by atoms with van der Waals surface area (Å²) in [7, 11) is 0. The molecule has 4 aromatic carbocycles. The minimum absolute atomic E-state index is 0.961. The predicted octanol–water partition coefficient (Wildman–Crippen LogP) is 7.25. The minimum Gasteiger partial charge on any atom is -0.0622 e. The summed E-state index contributed by atoms with van der Waals surface area (Å²) >= 11 is 0. The van der Waals surface area contributed by atoms with E-state index in [0.29, 0.717) is 0 Å². The number of nitrogens with zero attached hydrogens (tertiary/aromatic N) is 2. The lowest BCUT2D eigenvalue weighted by Gasteiger charge is -2.09. The molecule has 0 aliphatic rings. The second kappa shape index (κ2) is 9.46. The first-order chi connectivity index (χ1) is 16.3. The van der Waals surface area contributed by atoms with Gasteiger partial charge in [-0.2, -0.15) is 0 Å². The van der Waals surface area contributed by atoms with Crippen LogP contribution in [0.5, 0.6) is 0 Å². The molecule has 1 aromatic heterocycles. The quantitative estimate of drug-likeness (QED) is 0.208. The maximum Gasteiger partial charge on any atom is 0.246 e. The first-order valence-corrected chi connectivity index (χ1v) is 11.2. The van der Waals surface area contributed by atoms with Crippen molar-refractivity contribution in [2.24, 2.45) is 5.10 Å². The lowest BCUT2D eigenvalue weighted by Crippen LogP contribution is -2.35. The number of benzene rings is 4. The van der Waals surface area contributed by atoms with Crippen molar-refractivity contribution >= 4 is 5.71 Å². The van der Waals surface area contributed by atoms with Crippen LogP contribution in [-0.2, 0) is 0 Å². The zero-order valence-corrected chi connectivity index (χ0v) is 18.6. The summed E-state index contributed by atoms with van der Waals surface area (Å²) in [6.45, 7) is 2.07. The van der Waals surface area contributed by atoms with Gasteiger partial charge >= 0.3 is 0 Å². The van der Waals surface area contributed by atoms with E-state index in [0.717, 1.165) is 39.4 Å². The smallest absolute Gasteiger partial charge is 0.0622 e. The van der Waals surface area contributed by atoms with Crippen molar-refractivity contribution in [2.75, 3.05) is 0 Å². The maximum atomic E-state index is 5.15. The molecule has 5 rings (SSSR count). The van der Waals surface area contributed by atoms with E-state index < -0.39 is 0 Å². The molecule has 0 radical (unpaired) electrons. The molecule has 0 fully saturated rings. The fraction of sp³-hybridized carbons (Fsp3) is 0.0323. The van der Waals surface area contributed by atoms with Crippen LogP contribution in [0, 0.1) is 0 Å². The van der Waals surface area contributed by atoms with Gasteiger partial charge in [-0.3, -0.25) is 0 Å². The van der Waals surface area contributed by atoms with Gasteiger partial charge < -0.3 is 0 Å². The molecule has 0 aliphatic heterocycles. The van der Waals surface area contributed by atoms with Crippen LogP contribution in [0.25, 0.3) is 33.6 Å². The van der Waals surface area contributed by atoms with Crippen LogP contribution in [0.4, 0.5) is 0 Å². The SMILES string of the molecule is CC(=N[n+]1c(-c2ccccc2)cc(-c2ccccc2)cc1-c1ccccc1)c1ccccc1. The molecule has 0 spiro atoms. The first-order valence-electron chi connectivity index (χ1n) is 11.2. The third-order valence-corrected chi connectivity index (χ3v) is 5.73. The largest absolute Gasteiger partial charge is 0.246 e. The molecule has 0 atom stereocenters. The highest BCUT2D eigenvalue weighted by Gasteiger charge is 2.24. The van der Waals surface area contributed by atoms with E-state index in [2.05, 4.69) is 115 Å². The molecule has 0 saturated heterocycles. The van der Waals surface area contributed by atoms with Gasteiger partial charge in [-0.15, -0.1) is 0 Å². The zero-order chi connectivity index (χ0) is 22.5. The number of rotatable bonds is 5. The van der Waals surface area contributed by atoms with Gasteiger partial charge in [0.1, 0.15) is 5.71 Å². The van der Waals surface area contributed by atoms with Crippen LogP contribution in [-0.4, -0.2) is 5.71 Å². The summed E-state index contributed by atoms with van der Waals surface area (Å²) in [6.07, 6.45) is 0. The highest BCUT2D eigenvalue weighted by molar-refractivity contribution is 5.98. The van der Waals surface area contributed by atoms with Crippen molar-refractivity contribution in [1.29, 1.82) is 0 Å². The van der Waals surface area contributed by atoms with Crippen molar-refractivity contribution in [2.45, 2.75) is 6.92 Å². The van der Waals surface area contributed by atoms with E-state index in [4.69, 9.17) is 5.10 Å². The van der Waals surface area contributed by atoms with Crippen molar-refractivity contribution in [1.82, 2.24) is 0 Å². The average Bonchev–Trinajstić information content (AvgIpc) is 2.90. The summed E-state index contributed by atoms with van der Waals surface area (Å²) in [4.78, 5) is 0. The Morgan fingerprint density at radius 2 is 0.879 bits per heavy atom. The van der Waals surface area contributed by atoms with Crippen molar-refractivity contribution < 1.29 is 4.68 Å². The standard InChI is InChI=1S/C31H25N2/c1-24(25-14-6-2-7-15-25)32-33-30(27-18-10-4-11-19-27)22-29(26-16-8-3-9-17-26)23-31(33)28-20-12-5-13-21-28/h2-23H,1H3/q+1. The van der Waals surface area contributed by atoms with E-state index in [-0.39, 0.29) is 0 Å². The molecule has 5 aromatic rings. The van der Waals surface area contributed by atoms with Gasteiger partial charge in [0, 0.05) is 33.9 Å². The van der Waals surface area contributed by atoms with Crippen LogP contribution < -0.4 is 4.68 Å². The highest BCUT2D eigenvalue weighted by Crippen LogP contribution is 2.29. The molecular formula is C31H25N2+. The Hall–Kier alpha value is -4.30. The van der Waals surface area contributed by atoms with Gasteiger partial charge in [0.05, 0.1) is 0 Å². The van der Waals surface area contributed by atoms with E-state index in [1.54, 1.807) is 0 Å². The van der Waals surface area contributed by atoms with Gasteiger partial charge in [-0.05, 0) is 47.0 Å². The third-order valence-electron chi connectivity index (χ3n) is 5.73. The maximum absolute atomic E-state index is 5.15. The fourth-order valence-electron chi connectivity index (χ4n) is 4.01. The Morgan fingerprint density at radius 1 is 0.485 bits per heavy atom. The van der Waals surface area contributed by atoms with E-state index >= 15 is 0 Å². The topological polar surface area (TPSA) is 16.2 Å². The van der Waals surface area contributed by atoms with Crippen LogP contribution >= 0.6 is 0 Å². The Balaban J connectivity index is 1.82. The zero-order valence-electron chi connectivity index (χ0n) is 18.6. The van der Waals surface area contributed by atoms with Gasteiger partial charge in [-0.25, -0.2) is 0 Å². The molecule has 2 heteroatoms. The molecule has 0 unspecified atom stereocenters. The summed E-state index contributed by atoms with van der Waals surface area (Å²) in [5, 5.41) is 5.15. The fourth-order valence-corrected chi connectivity index (χ4v) is 4.01. The Kier molecular flexibility index (Phi) is 5.90. The Labute approximate surface area is 195 Å². The molecule has 33 heavy (non-hydrogen) atoms.